The molecule has 2 rings (SSSR count). The normalized spacial score (nSPS) is 14.1. The van der Waals surface area contributed by atoms with Gasteiger partial charge in [-0.15, -0.1) is 6.58 Å². The summed E-state index contributed by atoms with van der Waals surface area (Å²) in [6.45, 7) is 5.43. The predicted octanol–water partition coefficient (Wildman–Crippen LogP) is 3.71. The van der Waals surface area contributed by atoms with Gasteiger partial charge in [0.25, 0.3) is 0 Å². The first-order valence-corrected chi connectivity index (χ1v) is 8.62. The average molecular weight is 316 g/mol. The molecule has 1 atom stereocenters. The highest BCUT2D eigenvalue weighted by atomic mass is 32.2. The lowest BCUT2D eigenvalue weighted by atomic mass is 10.0. The third-order valence-electron chi connectivity index (χ3n) is 3.88. The van der Waals surface area contributed by atoms with E-state index in [2.05, 4.69) is 6.58 Å². The molecule has 116 valence electrons. The molecule has 0 aliphatic rings. The maximum atomic E-state index is 12.9. The summed E-state index contributed by atoms with van der Waals surface area (Å²) >= 11 is 0. The van der Waals surface area contributed by atoms with Crippen molar-refractivity contribution in [2.75, 3.05) is 7.11 Å². The molecule has 0 radical (unpaired) electrons. The fraction of sp³-hybridized carbons (Fsp3) is 0.222. The van der Waals surface area contributed by atoms with Crippen LogP contribution in [0, 0.1) is 0 Å². The molecule has 22 heavy (non-hydrogen) atoms. The second-order valence-corrected chi connectivity index (χ2v) is 7.65. The van der Waals surface area contributed by atoms with E-state index >= 15 is 0 Å². The Balaban J connectivity index is 2.46. The average Bonchev–Trinajstić information content (AvgIpc) is 2.54. The summed E-state index contributed by atoms with van der Waals surface area (Å²) in [5.74, 6) is 0.591. The first-order valence-electron chi connectivity index (χ1n) is 6.97. The molecular weight excluding hydrogens is 296 g/mol. The molecule has 0 heterocycles. The van der Waals surface area contributed by atoms with Crippen LogP contribution in [0.1, 0.15) is 18.1 Å². The second-order valence-electron chi connectivity index (χ2n) is 5.29. The lowest BCUT2D eigenvalue weighted by molar-refractivity contribution is 0.414. The van der Waals surface area contributed by atoms with Gasteiger partial charge in [-0.25, -0.2) is 8.42 Å². The number of ether oxygens (including phenoxy) is 1. The van der Waals surface area contributed by atoms with Gasteiger partial charge in [-0.1, -0.05) is 48.5 Å². The number of benzene rings is 2. The van der Waals surface area contributed by atoms with Crippen molar-refractivity contribution >= 4 is 9.84 Å². The maximum Gasteiger partial charge on any atom is 0.167 e. The molecule has 4 heteroatoms. The molecule has 2 aromatic rings. The molecule has 0 spiro atoms. The van der Waals surface area contributed by atoms with E-state index in [1.54, 1.807) is 38.3 Å². The van der Waals surface area contributed by atoms with E-state index in [9.17, 15) is 8.42 Å². The maximum absolute atomic E-state index is 12.9. The Labute approximate surface area is 132 Å². The predicted molar refractivity (Wildman–Crippen MR) is 89.6 cm³/mol. The van der Waals surface area contributed by atoms with Crippen molar-refractivity contribution in [2.24, 2.45) is 0 Å². The van der Waals surface area contributed by atoms with Gasteiger partial charge in [0, 0.05) is 0 Å². The van der Waals surface area contributed by atoms with Crippen LogP contribution in [0.5, 0.6) is 5.75 Å². The molecule has 2 aromatic carbocycles. The molecule has 0 bridgehead atoms. The summed E-state index contributed by atoms with van der Waals surface area (Å²) in [5.41, 5.74) is 1.41. The van der Waals surface area contributed by atoms with Crippen molar-refractivity contribution < 1.29 is 13.2 Å². The lowest BCUT2D eigenvalue weighted by Crippen LogP contribution is -2.31. The number of hydrogen-bond acceptors (Lipinski definition) is 3. The molecule has 0 N–H and O–H groups in total. The molecule has 0 aliphatic heterocycles. The van der Waals surface area contributed by atoms with Crippen LogP contribution in [0.4, 0.5) is 0 Å². The zero-order valence-corrected chi connectivity index (χ0v) is 13.6. The van der Waals surface area contributed by atoms with E-state index in [-0.39, 0.29) is 5.75 Å². The molecule has 0 amide bonds. The summed E-state index contributed by atoms with van der Waals surface area (Å²) < 4.78 is 29.9. The van der Waals surface area contributed by atoms with Crippen LogP contribution in [0.3, 0.4) is 0 Å². The fourth-order valence-electron chi connectivity index (χ4n) is 2.30. The van der Waals surface area contributed by atoms with Gasteiger partial charge in [-0.05, 0) is 30.2 Å². The van der Waals surface area contributed by atoms with Gasteiger partial charge in [0.15, 0.2) is 9.84 Å². The zero-order chi connectivity index (χ0) is 16.2. The highest BCUT2D eigenvalue weighted by Crippen LogP contribution is 2.35. The SMILES string of the molecule is C=C[C@@](C)(c1cccc(OC)c1)S(=O)(=O)Cc1ccccc1. The van der Waals surface area contributed by atoms with E-state index in [1.807, 2.05) is 30.3 Å². The van der Waals surface area contributed by atoms with Crippen LogP contribution in [0.2, 0.25) is 0 Å². The van der Waals surface area contributed by atoms with Crippen LogP contribution in [-0.4, -0.2) is 15.5 Å². The Kier molecular flexibility index (Phi) is 4.71. The minimum absolute atomic E-state index is 0.0342. The third kappa shape index (κ3) is 3.07. The monoisotopic (exact) mass is 316 g/mol. The quantitative estimate of drug-likeness (QED) is 0.763. The van der Waals surface area contributed by atoms with Gasteiger partial charge < -0.3 is 4.74 Å². The fourth-order valence-corrected chi connectivity index (χ4v) is 3.97. The molecule has 0 unspecified atom stereocenters. The molecule has 0 saturated heterocycles. The highest BCUT2D eigenvalue weighted by molar-refractivity contribution is 7.91. The Hall–Kier alpha value is -2.07. The van der Waals surface area contributed by atoms with Gasteiger partial charge in [0.05, 0.1) is 12.9 Å². The Morgan fingerprint density at radius 1 is 1.14 bits per heavy atom. The minimum Gasteiger partial charge on any atom is -0.497 e. The standard InChI is InChI=1S/C18H20O3S/c1-4-18(2,16-11-8-12-17(13-16)21-3)22(19,20)14-15-9-6-5-7-10-15/h4-13H,1,14H2,2-3H3/t18-/m0/s1. The van der Waals surface area contributed by atoms with Crippen molar-refractivity contribution in [3.8, 4) is 5.75 Å². The number of methoxy groups -OCH3 is 1. The van der Waals surface area contributed by atoms with Gasteiger partial charge in [0.1, 0.15) is 10.5 Å². The van der Waals surface area contributed by atoms with Crippen LogP contribution in [-0.2, 0) is 20.3 Å². The number of rotatable bonds is 6. The molecule has 0 fully saturated rings. The topological polar surface area (TPSA) is 43.4 Å². The molecule has 3 nitrogen and oxygen atoms in total. The molecular formula is C18H20O3S. The van der Waals surface area contributed by atoms with E-state index in [1.165, 1.54) is 6.08 Å². The first-order chi connectivity index (χ1) is 10.4. The van der Waals surface area contributed by atoms with E-state index in [4.69, 9.17) is 4.74 Å². The van der Waals surface area contributed by atoms with Crippen LogP contribution in [0.25, 0.3) is 0 Å². The zero-order valence-electron chi connectivity index (χ0n) is 12.8. The van der Waals surface area contributed by atoms with Gasteiger partial charge >= 0.3 is 0 Å². The Morgan fingerprint density at radius 3 is 2.41 bits per heavy atom. The number of sulfone groups is 1. The smallest absolute Gasteiger partial charge is 0.167 e. The second kappa shape index (κ2) is 6.36. The molecule has 0 aliphatic carbocycles. The largest absolute Gasteiger partial charge is 0.497 e. The molecule has 0 saturated carbocycles. The summed E-state index contributed by atoms with van der Waals surface area (Å²) in [4.78, 5) is 0. The third-order valence-corrected chi connectivity index (χ3v) is 6.29. The first kappa shape index (κ1) is 16.3. The van der Waals surface area contributed by atoms with E-state index in [0.29, 0.717) is 11.3 Å². The Morgan fingerprint density at radius 2 is 1.82 bits per heavy atom. The summed E-state index contributed by atoms with van der Waals surface area (Å²) in [6, 6.07) is 16.3. The minimum atomic E-state index is -3.48. The highest BCUT2D eigenvalue weighted by Gasteiger charge is 2.38. The summed E-state index contributed by atoms with van der Waals surface area (Å²) in [6.07, 6.45) is 1.49. The molecule has 0 aromatic heterocycles. The van der Waals surface area contributed by atoms with E-state index < -0.39 is 14.6 Å². The van der Waals surface area contributed by atoms with Crippen LogP contribution >= 0.6 is 0 Å². The van der Waals surface area contributed by atoms with Crippen molar-refractivity contribution in [2.45, 2.75) is 17.4 Å². The van der Waals surface area contributed by atoms with E-state index in [0.717, 1.165) is 5.56 Å². The summed E-state index contributed by atoms with van der Waals surface area (Å²) in [7, 11) is -1.92. The van der Waals surface area contributed by atoms with Crippen LogP contribution < -0.4 is 4.74 Å². The van der Waals surface area contributed by atoms with Crippen molar-refractivity contribution in [3.63, 3.8) is 0 Å². The van der Waals surface area contributed by atoms with Crippen molar-refractivity contribution in [1.29, 1.82) is 0 Å². The lowest BCUT2D eigenvalue weighted by Gasteiger charge is -2.27. The van der Waals surface area contributed by atoms with Gasteiger partial charge in [0.2, 0.25) is 0 Å². The summed E-state index contributed by atoms with van der Waals surface area (Å²) in [5, 5.41) is 0. The van der Waals surface area contributed by atoms with Crippen LogP contribution in [0.15, 0.2) is 67.3 Å². The van der Waals surface area contributed by atoms with Crippen molar-refractivity contribution in [1.82, 2.24) is 0 Å². The van der Waals surface area contributed by atoms with Crippen molar-refractivity contribution in [3.05, 3.63) is 78.4 Å². The Bertz CT molecular complexity index is 751. The number of hydrogen-bond donors (Lipinski definition) is 0. The van der Waals surface area contributed by atoms with Gasteiger partial charge in [-0.2, -0.15) is 0 Å². The van der Waals surface area contributed by atoms with Gasteiger partial charge in [-0.3, -0.25) is 0 Å².